The zero-order valence-electron chi connectivity index (χ0n) is 16.2. The fraction of sp³-hybridized carbons (Fsp3) is 0.174. The standard InChI is InChI=1S/C23H22FNO3S/c1-3-16-7-9-17(10-8-16)22(19-5-4-6-20(24)15-19)25-23(26)18-11-13-21(14-12-18)29(2,27)28/h4-15,22H,3H2,1-2H3,(H,25,26). The Morgan fingerprint density at radius 2 is 1.62 bits per heavy atom. The molecular weight excluding hydrogens is 389 g/mol. The van der Waals surface area contributed by atoms with E-state index in [0.29, 0.717) is 11.1 Å². The molecule has 1 amide bonds. The second kappa shape index (κ2) is 8.57. The van der Waals surface area contributed by atoms with Gasteiger partial charge in [0.15, 0.2) is 9.84 Å². The van der Waals surface area contributed by atoms with Crippen molar-refractivity contribution in [3.63, 3.8) is 0 Å². The summed E-state index contributed by atoms with van der Waals surface area (Å²) in [5, 5.41) is 2.93. The quantitative estimate of drug-likeness (QED) is 0.657. The maximum absolute atomic E-state index is 13.8. The average Bonchev–Trinajstić information content (AvgIpc) is 2.71. The van der Waals surface area contributed by atoms with Crippen molar-refractivity contribution >= 4 is 15.7 Å². The number of hydrogen-bond donors (Lipinski definition) is 1. The van der Waals surface area contributed by atoms with Crippen molar-refractivity contribution in [2.24, 2.45) is 0 Å². The van der Waals surface area contributed by atoms with Crippen LogP contribution >= 0.6 is 0 Å². The fourth-order valence-corrected chi connectivity index (χ4v) is 3.69. The third kappa shape index (κ3) is 5.09. The summed E-state index contributed by atoms with van der Waals surface area (Å²) in [4.78, 5) is 13.0. The minimum Gasteiger partial charge on any atom is -0.341 e. The molecule has 1 atom stereocenters. The van der Waals surface area contributed by atoms with Gasteiger partial charge in [0.05, 0.1) is 10.9 Å². The first-order valence-corrected chi connectivity index (χ1v) is 11.1. The number of nitrogens with one attached hydrogen (secondary N) is 1. The molecule has 0 aliphatic carbocycles. The molecule has 6 heteroatoms. The Morgan fingerprint density at radius 3 is 2.17 bits per heavy atom. The molecular formula is C23H22FNO3S. The Bertz CT molecular complexity index is 1110. The zero-order valence-corrected chi connectivity index (χ0v) is 17.0. The number of benzene rings is 3. The molecule has 3 aromatic carbocycles. The van der Waals surface area contributed by atoms with Crippen molar-refractivity contribution in [3.05, 3.63) is 101 Å². The minimum absolute atomic E-state index is 0.144. The van der Waals surface area contributed by atoms with E-state index < -0.39 is 15.9 Å². The number of carbonyl (C=O) groups excluding carboxylic acids is 1. The molecule has 150 valence electrons. The van der Waals surface area contributed by atoms with Gasteiger partial charge in [-0.15, -0.1) is 0 Å². The summed E-state index contributed by atoms with van der Waals surface area (Å²) in [6.07, 6.45) is 2.01. The van der Waals surface area contributed by atoms with Crippen molar-refractivity contribution in [2.75, 3.05) is 6.26 Å². The fourth-order valence-electron chi connectivity index (χ4n) is 3.06. The van der Waals surface area contributed by atoms with Crippen LogP contribution in [0, 0.1) is 5.82 Å². The summed E-state index contributed by atoms with van der Waals surface area (Å²) in [6, 6.07) is 19.1. The Labute approximate surface area is 170 Å². The third-order valence-electron chi connectivity index (χ3n) is 4.72. The van der Waals surface area contributed by atoms with Crippen LogP contribution in [0.4, 0.5) is 4.39 Å². The highest BCUT2D eigenvalue weighted by Crippen LogP contribution is 2.24. The molecule has 0 fully saturated rings. The smallest absolute Gasteiger partial charge is 0.252 e. The van der Waals surface area contributed by atoms with Gasteiger partial charge in [-0.25, -0.2) is 12.8 Å². The molecule has 0 aliphatic rings. The lowest BCUT2D eigenvalue weighted by Gasteiger charge is -2.20. The van der Waals surface area contributed by atoms with E-state index >= 15 is 0 Å². The topological polar surface area (TPSA) is 63.2 Å². The van der Waals surface area contributed by atoms with Crippen molar-refractivity contribution in [1.82, 2.24) is 5.32 Å². The Balaban J connectivity index is 1.92. The van der Waals surface area contributed by atoms with E-state index in [0.717, 1.165) is 23.8 Å². The van der Waals surface area contributed by atoms with Gasteiger partial charge < -0.3 is 5.32 Å². The second-order valence-corrected chi connectivity index (χ2v) is 8.87. The van der Waals surface area contributed by atoms with E-state index in [2.05, 4.69) is 12.2 Å². The van der Waals surface area contributed by atoms with E-state index in [1.54, 1.807) is 12.1 Å². The van der Waals surface area contributed by atoms with Crippen LogP contribution in [-0.2, 0) is 16.3 Å². The molecule has 0 heterocycles. The van der Waals surface area contributed by atoms with Gasteiger partial charge in [-0.2, -0.15) is 0 Å². The number of rotatable bonds is 6. The SMILES string of the molecule is CCc1ccc(C(NC(=O)c2ccc(S(C)(=O)=O)cc2)c2cccc(F)c2)cc1. The predicted octanol–water partition coefficient (Wildman–Crippen LogP) is 4.31. The van der Waals surface area contributed by atoms with Crippen LogP contribution < -0.4 is 5.32 Å². The predicted molar refractivity (Wildman–Crippen MR) is 111 cm³/mol. The zero-order chi connectivity index (χ0) is 21.0. The maximum atomic E-state index is 13.8. The van der Waals surface area contributed by atoms with E-state index in [1.807, 2.05) is 24.3 Å². The van der Waals surface area contributed by atoms with Crippen LogP contribution in [0.1, 0.15) is 40.0 Å². The lowest BCUT2D eigenvalue weighted by Crippen LogP contribution is -2.29. The van der Waals surface area contributed by atoms with Crippen LogP contribution in [0.25, 0.3) is 0 Å². The molecule has 4 nitrogen and oxygen atoms in total. The Kier molecular flexibility index (Phi) is 6.13. The molecule has 0 bridgehead atoms. The van der Waals surface area contributed by atoms with E-state index in [1.165, 1.54) is 36.4 Å². The number of amides is 1. The number of carbonyl (C=O) groups is 1. The molecule has 1 N–H and O–H groups in total. The molecule has 0 aromatic heterocycles. The largest absolute Gasteiger partial charge is 0.341 e. The van der Waals surface area contributed by atoms with E-state index in [4.69, 9.17) is 0 Å². The first kappa shape index (κ1) is 20.7. The van der Waals surface area contributed by atoms with Crippen molar-refractivity contribution in [3.8, 4) is 0 Å². The van der Waals surface area contributed by atoms with Crippen LogP contribution in [-0.4, -0.2) is 20.6 Å². The molecule has 0 saturated heterocycles. The van der Waals surface area contributed by atoms with E-state index in [9.17, 15) is 17.6 Å². The second-order valence-electron chi connectivity index (χ2n) is 6.85. The average molecular weight is 411 g/mol. The van der Waals surface area contributed by atoms with Crippen molar-refractivity contribution in [2.45, 2.75) is 24.3 Å². The molecule has 0 saturated carbocycles. The number of hydrogen-bond acceptors (Lipinski definition) is 3. The van der Waals surface area contributed by atoms with Gasteiger partial charge in [0.25, 0.3) is 5.91 Å². The van der Waals surface area contributed by atoms with Gasteiger partial charge in [0, 0.05) is 11.8 Å². The molecule has 0 aliphatic heterocycles. The molecule has 0 radical (unpaired) electrons. The summed E-state index contributed by atoms with van der Waals surface area (Å²) >= 11 is 0. The van der Waals surface area contributed by atoms with Crippen LogP contribution in [0.15, 0.2) is 77.7 Å². The van der Waals surface area contributed by atoms with Crippen molar-refractivity contribution in [1.29, 1.82) is 0 Å². The van der Waals surface area contributed by atoms with Gasteiger partial charge in [-0.3, -0.25) is 4.79 Å². The Morgan fingerprint density at radius 1 is 0.966 bits per heavy atom. The highest BCUT2D eigenvalue weighted by atomic mass is 32.2. The first-order valence-electron chi connectivity index (χ1n) is 9.23. The van der Waals surface area contributed by atoms with Crippen LogP contribution in [0.2, 0.25) is 0 Å². The van der Waals surface area contributed by atoms with E-state index in [-0.39, 0.29) is 16.6 Å². The highest BCUT2D eigenvalue weighted by molar-refractivity contribution is 7.90. The summed E-state index contributed by atoms with van der Waals surface area (Å²) in [6.45, 7) is 2.06. The van der Waals surface area contributed by atoms with Gasteiger partial charge in [-0.1, -0.05) is 43.3 Å². The minimum atomic E-state index is -3.34. The summed E-state index contributed by atoms with van der Waals surface area (Å²) < 4.78 is 37.0. The highest BCUT2D eigenvalue weighted by Gasteiger charge is 2.19. The summed E-state index contributed by atoms with van der Waals surface area (Å²) in [5.41, 5.74) is 2.93. The lowest BCUT2D eigenvalue weighted by molar-refractivity contribution is 0.0943. The van der Waals surface area contributed by atoms with Gasteiger partial charge >= 0.3 is 0 Å². The number of sulfone groups is 1. The summed E-state index contributed by atoms with van der Waals surface area (Å²) in [5.74, 6) is -0.761. The van der Waals surface area contributed by atoms with Gasteiger partial charge in [0.1, 0.15) is 5.82 Å². The number of halogens is 1. The molecule has 3 rings (SSSR count). The normalized spacial score (nSPS) is 12.4. The van der Waals surface area contributed by atoms with Crippen molar-refractivity contribution < 1.29 is 17.6 Å². The lowest BCUT2D eigenvalue weighted by atomic mass is 9.96. The maximum Gasteiger partial charge on any atom is 0.252 e. The third-order valence-corrected chi connectivity index (χ3v) is 5.85. The molecule has 0 spiro atoms. The van der Waals surface area contributed by atoms with Gasteiger partial charge in [-0.05, 0) is 59.5 Å². The summed E-state index contributed by atoms with van der Waals surface area (Å²) in [7, 11) is -3.34. The van der Waals surface area contributed by atoms with Gasteiger partial charge in [0.2, 0.25) is 0 Å². The van der Waals surface area contributed by atoms with Crippen LogP contribution in [0.3, 0.4) is 0 Å². The molecule has 1 unspecified atom stereocenters. The first-order chi connectivity index (χ1) is 13.8. The molecule has 3 aromatic rings. The number of aryl methyl sites for hydroxylation is 1. The monoisotopic (exact) mass is 411 g/mol. The Hall–Kier alpha value is -2.99. The van der Waals surface area contributed by atoms with Crippen LogP contribution in [0.5, 0.6) is 0 Å². The molecule has 29 heavy (non-hydrogen) atoms.